The zero-order valence-corrected chi connectivity index (χ0v) is 20.8. The second-order valence-electron chi connectivity index (χ2n) is 9.28. The first kappa shape index (κ1) is 25.3. The number of ether oxygens (including phenoxy) is 1. The molecule has 1 atom stereocenters. The summed E-state index contributed by atoms with van der Waals surface area (Å²) in [7, 11) is 0. The Morgan fingerprint density at radius 3 is 2.66 bits per heavy atom. The number of pyridine rings is 1. The summed E-state index contributed by atoms with van der Waals surface area (Å²) in [6, 6.07) is 13.2. The smallest absolute Gasteiger partial charge is 0.246 e. The third kappa shape index (κ3) is 4.92. The van der Waals surface area contributed by atoms with Gasteiger partial charge in [0.2, 0.25) is 11.8 Å². The van der Waals surface area contributed by atoms with Gasteiger partial charge in [-0.05, 0) is 60.9 Å². The quantitative estimate of drug-likeness (QED) is 0.418. The van der Waals surface area contributed by atoms with E-state index in [9.17, 15) is 18.0 Å². The molecule has 3 heterocycles. The zero-order valence-electron chi connectivity index (χ0n) is 20.8. The van der Waals surface area contributed by atoms with Gasteiger partial charge in [-0.15, -0.1) is 0 Å². The van der Waals surface area contributed by atoms with Crippen LogP contribution in [-0.4, -0.2) is 21.4 Å². The van der Waals surface area contributed by atoms with Gasteiger partial charge in [0.05, 0.1) is 11.3 Å². The molecule has 194 valence electrons. The number of carbonyl (C=O) groups excluding carboxylic acids is 1. The molecule has 9 heteroatoms. The molecule has 3 aromatic rings. The maximum atomic E-state index is 14.1. The van der Waals surface area contributed by atoms with E-state index < -0.39 is 35.2 Å². The molecule has 2 aliphatic heterocycles. The number of fused-ring (bicyclic) bond motifs is 1. The first-order valence-electron chi connectivity index (χ1n) is 12.0. The van der Waals surface area contributed by atoms with Crippen molar-refractivity contribution in [3.05, 3.63) is 125 Å². The van der Waals surface area contributed by atoms with E-state index in [0.29, 0.717) is 5.70 Å². The van der Waals surface area contributed by atoms with Gasteiger partial charge in [0.1, 0.15) is 18.0 Å². The Morgan fingerprint density at radius 1 is 1.08 bits per heavy atom. The predicted octanol–water partition coefficient (Wildman–Crippen LogP) is 5.26. The SMILES string of the molecule is CC1=CC2=CC(C)(C(=O)NCc3ccccc3-c3cccnc3)NN2C(OCc2c(F)ccc(F)c2F)=C1. The fourth-order valence-electron chi connectivity index (χ4n) is 4.42. The molecule has 1 unspecified atom stereocenters. The summed E-state index contributed by atoms with van der Waals surface area (Å²) < 4.78 is 47.5. The average molecular weight is 519 g/mol. The first-order valence-corrected chi connectivity index (χ1v) is 12.0. The van der Waals surface area contributed by atoms with Crippen molar-refractivity contribution in [1.29, 1.82) is 0 Å². The highest BCUT2D eigenvalue weighted by Gasteiger charge is 2.41. The summed E-state index contributed by atoms with van der Waals surface area (Å²) >= 11 is 0. The van der Waals surface area contributed by atoms with Crippen molar-refractivity contribution < 1.29 is 22.7 Å². The van der Waals surface area contributed by atoms with E-state index in [1.807, 2.05) is 49.4 Å². The van der Waals surface area contributed by atoms with Gasteiger partial charge in [-0.3, -0.25) is 9.78 Å². The van der Waals surface area contributed by atoms with Crippen molar-refractivity contribution in [3.63, 3.8) is 0 Å². The molecule has 1 aromatic heterocycles. The molecule has 1 amide bonds. The second kappa shape index (κ2) is 10.2. The van der Waals surface area contributed by atoms with E-state index in [1.54, 1.807) is 31.5 Å². The molecule has 0 aliphatic carbocycles. The molecule has 38 heavy (non-hydrogen) atoms. The number of aromatic nitrogens is 1. The van der Waals surface area contributed by atoms with E-state index in [-0.39, 0.29) is 18.3 Å². The van der Waals surface area contributed by atoms with Crippen molar-refractivity contribution in [2.24, 2.45) is 0 Å². The average Bonchev–Trinajstić information content (AvgIpc) is 3.27. The summed E-state index contributed by atoms with van der Waals surface area (Å²) in [5.41, 5.74) is 5.74. The van der Waals surface area contributed by atoms with Gasteiger partial charge in [-0.2, -0.15) is 0 Å². The maximum absolute atomic E-state index is 14.1. The van der Waals surface area contributed by atoms with Crippen LogP contribution in [0, 0.1) is 17.5 Å². The molecule has 0 spiro atoms. The van der Waals surface area contributed by atoms with Gasteiger partial charge < -0.3 is 10.1 Å². The van der Waals surface area contributed by atoms with Gasteiger partial charge in [-0.25, -0.2) is 23.6 Å². The second-order valence-corrected chi connectivity index (χ2v) is 9.28. The van der Waals surface area contributed by atoms with E-state index >= 15 is 0 Å². The van der Waals surface area contributed by atoms with Crippen molar-refractivity contribution in [3.8, 4) is 11.1 Å². The number of amides is 1. The number of hydrogen-bond acceptors (Lipinski definition) is 5. The lowest BCUT2D eigenvalue weighted by Crippen LogP contribution is -2.54. The van der Waals surface area contributed by atoms with Crippen molar-refractivity contribution >= 4 is 5.91 Å². The van der Waals surface area contributed by atoms with Gasteiger partial charge >= 0.3 is 0 Å². The number of carbonyl (C=O) groups is 1. The molecule has 2 N–H and O–H groups in total. The molecule has 2 aliphatic rings. The minimum absolute atomic E-state index is 0.220. The van der Waals surface area contributed by atoms with Gasteiger partial charge in [0, 0.05) is 30.6 Å². The van der Waals surface area contributed by atoms with Gasteiger partial charge in [0.15, 0.2) is 11.6 Å². The summed E-state index contributed by atoms with van der Waals surface area (Å²) in [4.78, 5) is 17.5. The van der Waals surface area contributed by atoms with E-state index in [2.05, 4.69) is 15.7 Å². The van der Waals surface area contributed by atoms with Crippen LogP contribution in [0.5, 0.6) is 0 Å². The lowest BCUT2D eigenvalue weighted by Gasteiger charge is -2.30. The van der Waals surface area contributed by atoms with E-state index in [0.717, 1.165) is 34.4 Å². The van der Waals surface area contributed by atoms with Crippen LogP contribution in [0.1, 0.15) is 25.0 Å². The molecule has 0 radical (unpaired) electrons. The van der Waals surface area contributed by atoms with Gasteiger partial charge in [0.25, 0.3) is 0 Å². The zero-order chi connectivity index (χ0) is 26.9. The van der Waals surface area contributed by atoms with Crippen LogP contribution < -0.4 is 10.7 Å². The van der Waals surface area contributed by atoms with E-state index in [1.165, 1.54) is 5.01 Å². The number of allylic oxidation sites excluding steroid dienone is 3. The van der Waals surface area contributed by atoms with Crippen LogP contribution in [0.4, 0.5) is 13.2 Å². The predicted molar refractivity (Wildman–Crippen MR) is 136 cm³/mol. The molecule has 6 nitrogen and oxygen atoms in total. The lowest BCUT2D eigenvalue weighted by molar-refractivity contribution is -0.126. The summed E-state index contributed by atoms with van der Waals surface area (Å²) in [6.45, 7) is 3.30. The minimum Gasteiger partial charge on any atom is -0.473 e. The summed E-state index contributed by atoms with van der Waals surface area (Å²) in [5, 5.41) is 4.52. The van der Waals surface area contributed by atoms with Crippen molar-refractivity contribution in [1.82, 2.24) is 20.7 Å². The van der Waals surface area contributed by atoms with Gasteiger partial charge in [-0.1, -0.05) is 30.3 Å². The Morgan fingerprint density at radius 2 is 1.87 bits per heavy atom. The maximum Gasteiger partial charge on any atom is 0.246 e. The minimum atomic E-state index is -1.30. The van der Waals surface area contributed by atoms with Crippen LogP contribution in [0.15, 0.2) is 96.3 Å². The topological polar surface area (TPSA) is 66.5 Å². The standard InChI is InChI=1S/C29H25F3N4O2/c1-18-12-21-14-29(2,28(37)34-16-20-6-3-4-8-22(20)19-7-5-11-33-15-19)35-36(21)26(13-18)38-17-23-24(30)9-10-25(31)27(23)32/h3-15,35H,16-17H2,1-2H3,(H,34,37). The molecule has 0 bridgehead atoms. The normalized spacial score (nSPS) is 18.3. The molecular weight excluding hydrogens is 493 g/mol. The fraction of sp³-hybridized carbons (Fsp3) is 0.172. The van der Waals surface area contributed by atoms with Crippen LogP contribution in [-0.2, 0) is 22.7 Å². The van der Waals surface area contributed by atoms with Crippen LogP contribution in [0.25, 0.3) is 11.1 Å². The lowest BCUT2D eigenvalue weighted by atomic mass is 9.99. The number of hydrazine groups is 1. The Hall–Kier alpha value is -4.37. The number of halogens is 3. The highest BCUT2D eigenvalue weighted by molar-refractivity contribution is 5.89. The third-order valence-electron chi connectivity index (χ3n) is 6.39. The number of rotatable bonds is 7. The number of nitrogens with one attached hydrogen (secondary N) is 2. The third-order valence-corrected chi connectivity index (χ3v) is 6.39. The summed E-state index contributed by atoms with van der Waals surface area (Å²) in [6.07, 6.45) is 8.73. The molecule has 0 saturated heterocycles. The molecule has 5 rings (SSSR count). The number of benzene rings is 2. The largest absolute Gasteiger partial charge is 0.473 e. The van der Waals surface area contributed by atoms with Crippen LogP contribution >= 0.6 is 0 Å². The van der Waals surface area contributed by atoms with Crippen molar-refractivity contribution in [2.45, 2.75) is 32.5 Å². The van der Waals surface area contributed by atoms with Crippen molar-refractivity contribution in [2.75, 3.05) is 0 Å². The first-order chi connectivity index (χ1) is 18.2. The molecule has 2 aromatic carbocycles. The van der Waals surface area contributed by atoms with Crippen LogP contribution in [0.2, 0.25) is 0 Å². The van der Waals surface area contributed by atoms with E-state index in [4.69, 9.17) is 4.74 Å². The Kier molecular flexibility index (Phi) is 6.77. The Balaban J connectivity index is 1.30. The molecular formula is C29H25F3N4O2. The molecule has 0 saturated carbocycles. The fourth-order valence-corrected chi connectivity index (χ4v) is 4.42. The Bertz CT molecular complexity index is 1490. The van der Waals surface area contributed by atoms with Crippen LogP contribution in [0.3, 0.4) is 0 Å². The number of nitrogens with zero attached hydrogens (tertiary/aromatic N) is 2. The highest BCUT2D eigenvalue weighted by atomic mass is 19.2. The highest BCUT2D eigenvalue weighted by Crippen LogP contribution is 2.32. The number of hydrogen-bond donors (Lipinski definition) is 2. The summed E-state index contributed by atoms with van der Waals surface area (Å²) in [5.74, 6) is -3.43. The monoisotopic (exact) mass is 518 g/mol. The molecule has 0 fully saturated rings. The Labute approximate surface area is 218 Å².